The lowest BCUT2D eigenvalue weighted by molar-refractivity contribution is -0.384. The average Bonchev–Trinajstić information content (AvgIpc) is 3.32. The number of hydrogen-bond acceptors (Lipinski definition) is 5. The normalized spacial score (nSPS) is 10.8. The molecule has 0 spiro atoms. The predicted octanol–water partition coefficient (Wildman–Crippen LogP) is 2.91. The third-order valence-electron chi connectivity index (χ3n) is 3.91. The summed E-state index contributed by atoms with van der Waals surface area (Å²) in [4.78, 5) is 27.2. The molecule has 0 atom stereocenters. The number of imidazole rings is 1. The average molecular weight is 348 g/mol. The molecule has 2 N–H and O–H groups in total. The summed E-state index contributed by atoms with van der Waals surface area (Å²) < 4.78 is 1.52. The number of benzene rings is 2. The largest absolute Gasteiger partial charge is 0.322 e. The van der Waals surface area contributed by atoms with Crippen LogP contribution in [0.25, 0.3) is 16.6 Å². The third-order valence-corrected chi connectivity index (χ3v) is 3.91. The van der Waals surface area contributed by atoms with Crippen LogP contribution in [0.5, 0.6) is 0 Å². The minimum atomic E-state index is -0.524. The SMILES string of the molecule is O=C(Nc1ccc2[nH]ncc2c1)c1ccc(-n2ccnc2)c([N+](=O)[O-])c1. The molecule has 0 unspecified atom stereocenters. The lowest BCUT2D eigenvalue weighted by Gasteiger charge is -2.08. The summed E-state index contributed by atoms with van der Waals surface area (Å²) in [6.45, 7) is 0. The molecule has 4 aromatic rings. The number of rotatable bonds is 4. The van der Waals surface area contributed by atoms with E-state index in [1.807, 2.05) is 0 Å². The van der Waals surface area contributed by atoms with Gasteiger partial charge in [-0.3, -0.25) is 20.0 Å². The van der Waals surface area contributed by atoms with Crippen molar-refractivity contribution in [1.29, 1.82) is 0 Å². The lowest BCUT2D eigenvalue weighted by atomic mass is 10.1. The Morgan fingerprint density at radius 1 is 1.23 bits per heavy atom. The number of nitrogens with zero attached hydrogens (tertiary/aromatic N) is 4. The van der Waals surface area contributed by atoms with Gasteiger partial charge in [0.1, 0.15) is 5.69 Å². The molecule has 2 aromatic heterocycles. The van der Waals surface area contributed by atoms with Crippen molar-refractivity contribution in [3.05, 3.63) is 77.0 Å². The summed E-state index contributed by atoms with van der Waals surface area (Å²) >= 11 is 0. The fourth-order valence-corrected chi connectivity index (χ4v) is 2.65. The number of aromatic amines is 1. The van der Waals surface area contributed by atoms with E-state index in [0.717, 1.165) is 10.9 Å². The highest BCUT2D eigenvalue weighted by Gasteiger charge is 2.19. The molecule has 1 amide bonds. The molecule has 4 rings (SSSR count). The van der Waals surface area contributed by atoms with E-state index in [1.54, 1.807) is 30.6 Å². The second-order valence-electron chi connectivity index (χ2n) is 5.56. The van der Waals surface area contributed by atoms with E-state index in [0.29, 0.717) is 11.4 Å². The number of hydrogen-bond donors (Lipinski definition) is 2. The highest BCUT2D eigenvalue weighted by molar-refractivity contribution is 6.05. The summed E-state index contributed by atoms with van der Waals surface area (Å²) in [6, 6.07) is 9.60. The van der Waals surface area contributed by atoms with E-state index in [-0.39, 0.29) is 11.3 Å². The molecule has 2 heterocycles. The second-order valence-corrected chi connectivity index (χ2v) is 5.56. The zero-order chi connectivity index (χ0) is 18.1. The Bertz CT molecular complexity index is 1120. The smallest absolute Gasteiger partial charge is 0.294 e. The van der Waals surface area contributed by atoms with Gasteiger partial charge in [-0.15, -0.1) is 0 Å². The Morgan fingerprint density at radius 2 is 2.12 bits per heavy atom. The van der Waals surface area contributed by atoms with Gasteiger partial charge in [0.15, 0.2) is 0 Å². The lowest BCUT2D eigenvalue weighted by Crippen LogP contribution is -2.12. The van der Waals surface area contributed by atoms with Gasteiger partial charge in [0, 0.05) is 35.1 Å². The van der Waals surface area contributed by atoms with Crippen molar-refractivity contribution < 1.29 is 9.72 Å². The van der Waals surface area contributed by atoms with E-state index in [9.17, 15) is 14.9 Å². The van der Waals surface area contributed by atoms with Crippen molar-refractivity contribution in [3.8, 4) is 5.69 Å². The molecule has 0 fully saturated rings. The van der Waals surface area contributed by atoms with Crippen LogP contribution in [0.1, 0.15) is 10.4 Å². The standard InChI is InChI=1S/C17H12N6O3/c24-17(20-13-2-3-14-12(7-13)9-19-21-14)11-1-4-15(16(8-11)23(25)26)22-6-5-18-10-22/h1-10H,(H,19,21)(H,20,24). The minimum absolute atomic E-state index is 0.180. The molecule has 2 aromatic carbocycles. The first-order valence-corrected chi connectivity index (χ1v) is 7.63. The molecule has 0 aliphatic carbocycles. The number of carbonyl (C=O) groups is 1. The van der Waals surface area contributed by atoms with Gasteiger partial charge in [-0.2, -0.15) is 5.10 Å². The fourth-order valence-electron chi connectivity index (χ4n) is 2.65. The first-order chi connectivity index (χ1) is 12.6. The molecule has 9 nitrogen and oxygen atoms in total. The van der Waals surface area contributed by atoms with Gasteiger partial charge in [0.25, 0.3) is 11.6 Å². The van der Waals surface area contributed by atoms with Crippen LogP contribution in [-0.4, -0.2) is 30.6 Å². The van der Waals surface area contributed by atoms with Gasteiger partial charge < -0.3 is 9.88 Å². The van der Waals surface area contributed by atoms with Gasteiger partial charge in [0.2, 0.25) is 0 Å². The summed E-state index contributed by atoms with van der Waals surface area (Å²) in [6.07, 6.45) is 6.23. The van der Waals surface area contributed by atoms with Crippen LogP contribution >= 0.6 is 0 Å². The summed E-state index contributed by atoms with van der Waals surface area (Å²) in [7, 11) is 0. The third kappa shape index (κ3) is 2.77. The Hall–Kier alpha value is -4.01. The maximum Gasteiger partial charge on any atom is 0.294 e. The van der Waals surface area contributed by atoms with Crippen LogP contribution in [0.3, 0.4) is 0 Å². The van der Waals surface area contributed by atoms with E-state index in [1.165, 1.54) is 35.3 Å². The van der Waals surface area contributed by atoms with Crippen molar-refractivity contribution in [2.75, 3.05) is 5.32 Å². The van der Waals surface area contributed by atoms with E-state index >= 15 is 0 Å². The number of nitro groups is 1. The second kappa shape index (κ2) is 6.13. The maximum atomic E-state index is 12.5. The first-order valence-electron chi connectivity index (χ1n) is 7.63. The maximum absolute atomic E-state index is 12.5. The number of anilines is 1. The monoisotopic (exact) mass is 348 g/mol. The van der Waals surface area contributed by atoms with E-state index < -0.39 is 10.8 Å². The van der Waals surface area contributed by atoms with Crippen molar-refractivity contribution in [1.82, 2.24) is 19.7 Å². The van der Waals surface area contributed by atoms with Crippen molar-refractivity contribution in [3.63, 3.8) is 0 Å². The summed E-state index contributed by atoms with van der Waals surface area (Å²) in [5, 5.41) is 21.7. The Morgan fingerprint density at radius 3 is 2.88 bits per heavy atom. The zero-order valence-corrected chi connectivity index (χ0v) is 13.3. The van der Waals surface area contributed by atoms with Crippen LogP contribution < -0.4 is 5.32 Å². The number of carbonyl (C=O) groups excluding carboxylic acids is 1. The van der Waals surface area contributed by atoms with Crippen LogP contribution in [0.15, 0.2) is 61.3 Å². The molecule has 0 saturated carbocycles. The molecule has 128 valence electrons. The minimum Gasteiger partial charge on any atom is -0.322 e. The van der Waals surface area contributed by atoms with Crippen LogP contribution in [0, 0.1) is 10.1 Å². The number of amides is 1. The first kappa shape index (κ1) is 15.5. The van der Waals surface area contributed by atoms with Gasteiger partial charge in [-0.05, 0) is 30.3 Å². The van der Waals surface area contributed by atoms with E-state index in [4.69, 9.17) is 0 Å². The number of aromatic nitrogens is 4. The predicted molar refractivity (Wildman–Crippen MR) is 94.3 cm³/mol. The van der Waals surface area contributed by atoms with Crippen LogP contribution in [-0.2, 0) is 0 Å². The number of nitro benzene ring substituents is 1. The summed E-state index contributed by atoms with van der Waals surface area (Å²) in [5.74, 6) is -0.437. The summed E-state index contributed by atoms with van der Waals surface area (Å²) in [5.41, 5.74) is 1.77. The molecule has 0 aliphatic rings. The van der Waals surface area contributed by atoms with E-state index in [2.05, 4.69) is 20.5 Å². The molecule has 0 aliphatic heterocycles. The highest BCUT2D eigenvalue weighted by Crippen LogP contribution is 2.25. The van der Waals surface area contributed by atoms with Crippen molar-refractivity contribution >= 4 is 28.2 Å². The van der Waals surface area contributed by atoms with Crippen LogP contribution in [0.2, 0.25) is 0 Å². The highest BCUT2D eigenvalue weighted by atomic mass is 16.6. The molecule has 0 saturated heterocycles. The van der Waals surface area contributed by atoms with Crippen molar-refractivity contribution in [2.24, 2.45) is 0 Å². The number of fused-ring (bicyclic) bond motifs is 1. The molecular formula is C17H12N6O3. The zero-order valence-electron chi connectivity index (χ0n) is 13.3. The Labute approximate surface area is 146 Å². The molecule has 26 heavy (non-hydrogen) atoms. The molecule has 0 bridgehead atoms. The van der Waals surface area contributed by atoms with Gasteiger partial charge in [-0.1, -0.05) is 0 Å². The topological polar surface area (TPSA) is 119 Å². The van der Waals surface area contributed by atoms with Crippen LogP contribution in [0.4, 0.5) is 11.4 Å². The quantitative estimate of drug-likeness (QED) is 0.434. The molecule has 9 heteroatoms. The number of nitrogens with one attached hydrogen (secondary N) is 2. The number of H-pyrrole nitrogens is 1. The fraction of sp³-hybridized carbons (Fsp3) is 0. The van der Waals surface area contributed by atoms with Gasteiger partial charge in [0.05, 0.1) is 23.0 Å². The van der Waals surface area contributed by atoms with Crippen molar-refractivity contribution in [2.45, 2.75) is 0 Å². The Balaban J connectivity index is 1.65. The van der Waals surface area contributed by atoms with Gasteiger partial charge >= 0.3 is 0 Å². The van der Waals surface area contributed by atoms with Gasteiger partial charge in [-0.25, -0.2) is 4.98 Å². The molecule has 0 radical (unpaired) electrons. The molecular weight excluding hydrogens is 336 g/mol. The Kier molecular flexibility index (Phi) is 3.66.